The molecule has 0 fully saturated rings. The van der Waals surface area contributed by atoms with Crippen LogP contribution < -0.4 is 14.4 Å². The van der Waals surface area contributed by atoms with Crippen LogP contribution in [0.25, 0.3) is 6.08 Å². The summed E-state index contributed by atoms with van der Waals surface area (Å²) >= 11 is 1.85. The van der Waals surface area contributed by atoms with Gasteiger partial charge in [0.05, 0.1) is 37.1 Å². The van der Waals surface area contributed by atoms with Gasteiger partial charge in [-0.15, -0.1) is 0 Å². The van der Waals surface area contributed by atoms with E-state index in [1.165, 1.54) is 39.0 Å². The summed E-state index contributed by atoms with van der Waals surface area (Å²) in [5, 5.41) is 1.28. The van der Waals surface area contributed by atoms with Crippen LogP contribution in [0, 0.1) is 6.92 Å². The van der Waals surface area contributed by atoms with Crippen LogP contribution in [0.3, 0.4) is 0 Å². The van der Waals surface area contributed by atoms with Gasteiger partial charge in [0.15, 0.2) is 0 Å². The van der Waals surface area contributed by atoms with Crippen molar-refractivity contribution < 1.29 is 4.57 Å². The molecule has 0 spiro atoms. The van der Waals surface area contributed by atoms with E-state index < -0.39 is 0 Å². The minimum Gasteiger partial charge on any atom is -0.338 e. The lowest BCUT2D eigenvalue weighted by Crippen LogP contribution is -2.40. The standard InChI is InChI=1S/C24H35N4S/c1-7-12-28(14-8-13-25(3)4)23-17-20(11-15-26(23)5)18-24-27(6)21-16-19(2)9-10-22(21)29-24/h9-11,15-18H,7-8,12-14H2,1-6H3/q+1. The second-order valence-corrected chi connectivity index (χ2v) is 9.25. The highest BCUT2D eigenvalue weighted by molar-refractivity contribution is 8.03. The van der Waals surface area contributed by atoms with Gasteiger partial charge in [-0.1, -0.05) is 24.8 Å². The van der Waals surface area contributed by atoms with Crippen molar-refractivity contribution in [1.82, 2.24) is 4.90 Å². The number of thioether (sulfide) groups is 1. The minimum absolute atomic E-state index is 1.08. The van der Waals surface area contributed by atoms with Crippen molar-refractivity contribution >= 4 is 29.3 Å². The third-order valence-electron chi connectivity index (χ3n) is 5.31. The summed E-state index contributed by atoms with van der Waals surface area (Å²) in [6.07, 6.45) is 6.83. The summed E-state index contributed by atoms with van der Waals surface area (Å²) in [6, 6.07) is 11.2. The first kappa shape index (κ1) is 21.7. The fourth-order valence-corrected chi connectivity index (χ4v) is 4.80. The Balaban J connectivity index is 1.83. The van der Waals surface area contributed by atoms with Crippen LogP contribution in [0.1, 0.15) is 30.9 Å². The number of rotatable bonds is 8. The van der Waals surface area contributed by atoms with Gasteiger partial charge in [0.1, 0.15) is 0 Å². The predicted molar refractivity (Wildman–Crippen MR) is 127 cm³/mol. The van der Waals surface area contributed by atoms with Crippen LogP contribution in [-0.2, 0) is 7.05 Å². The Bertz CT molecular complexity index is 875. The molecule has 0 atom stereocenters. The van der Waals surface area contributed by atoms with E-state index in [2.05, 4.69) is 104 Å². The van der Waals surface area contributed by atoms with Crippen molar-refractivity contribution in [1.29, 1.82) is 0 Å². The van der Waals surface area contributed by atoms with E-state index in [-0.39, 0.29) is 0 Å². The third kappa shape index (κ3) is 5.34. The SMILES string of the molecule is CCCN(CCCN(C)C)c1cc(C=C2Sc3ccc(C)cc3N2C)cc[n+]1C. The molecule has 2 heterocycles. The molecule has 0 N–H and O–H groups in total. The maximum atomic E-state index is 2.52. The van der Waals surface area contributed by atoms with E-state index in [1.54, 1.807) is 0 Å². The van der Waals surface area contributed by atoms with Crippen LogP contribution in [0.2, 0.25) is 0 Å². The van der Waals surface area contributed by atoms with E-state index in [1.807, 2.05) is 11.8 Å². The molecular formula is C24H35N4S+. The fourth-order valence-electron chi connectivity index (χ4n) is 3.71. The van der Waals surface area contributed by atoms with Crippen LogP contribution in [0.15, 0.2) is 46.5 Å². The summed E-state index contributed by atoms with van der Waals surface area (Å²) in [7, 11) is 8.60. The number of hydrogen-bond donors (Lipinski definition) is 0. The lowest BCUT2D eigenvalue weighted by atomic mass is 10.2. The first-order chi connectivity index (χ1) is 13.9. The zero-order chi connectivity index (χ0) is 21.0. The Kier molecular flexibility index (Phi) is 7.25. The number of aryl methyl sites for hydroxylation is 2. The van der Waals surface area contributed by atoms with Gasteiger partial charge in [0.25, 0.3) is 5.82 Å². The maximum absolute atomic E-state index is 2.52. The number of nitrogens with zero attached hydrogens (tertiary/aromatic N) is 4. The van der Waals surface area contributed by atoms with Crippen molar-refractivity contribution in [3.05, 3.63) is 52.7 Å². The largest absolute Gasteiger partial charge is 0.338 e. The quantitative estimate of drug-likeness (QED) is 0.592. The topological polar surface area (TPSA) is 13.6 Å². The number of pyridine rings is 1. The van der Waals surface area contributed by atoms with Crippen molar-refractivity contribution in [2.75, 3.05) is 50.6 Å². The van der Waals surface area contributed by atoms with Crippen LogP contribution in [0.4, 0.5) is 11.5 Å². The molecule has 2 aromatic rings. The van der Waals surface area contributed by atoms with Gasteiger partial charge >= 0.3 is 0 Å². The van der Waals surface area contributed by atoms with Gasteiger partial charge in [0, 0.05) is 24.6 Å². The van der Waals surface area contributed by atoms with E-state index in [0.717, 1.165) is 26.1 Å². The fraction of sp³-hybridized carbons (Fsp3) is 0.458. The van der Waals surface area contributed by atoms with Crippen molar-refractivity contribution in [2.45, 2.75) is 31.6 Å². The highest BCUT2D eigenvalue weighted by Gasteiger charge is 2.23. The number of benzene rings is 1. The summed E-state index contributed by atoms with van der Waals surface area (Å²) in [6.45, 7) is 7.70. The zero-order valence-electron chi connectivity index (χ0n) is 18.8. The summed E-state index contributed by atoms with van der Waals surface area (Å²) in [4.78, 5) is 8.43. The Hall–Kier alpha value is -1.98. The molecule has 0 unspecified atom stereocenters. The summed E-state index contributed by atoms with van der Waals surface area (Å²) in [5.74, 6) is 1.29. The van der Waals surface area contributed by atoms with Gasteiger partial charge in [-0.2, -0.15) is 0 Å². The predicted octanol–water partition coefficient (Wildman–Crippen LogP) is 4.53. The average Bonchev–Trinajstić information content (AvgIpc) is 2.98. The van der Waals surface area contributed by atoms with Crippen LogP contribution in [-0.4, -0.2) is 45.7 Å². The Morgan fingerprint density at radius 3 is 2.62 bits per heavy atom. The van der Waals surface area contributed by atoms with Gasteiger partial charge in [-0.3, -0.25) is 4.90 Å². The Morgan fingerprint density at radius 1 is 1.10 bits per heavy atom. The average molecular weight is 412 g/mol. The van der Waals surface area contributed by atoms with E-state index in [9.17, 15) is 0 Å². The molecule has 1 aromatic carbocycles. The number of anilines is 2. The monoisotopic (exact) mass is 411 g/mol. The molecule has 1 aliphatic heterocycles. The zero-order valence-corrected chi connectivity index (χ0v) is 19.6. The van der Waals surface area contributed by atoms with E-state index >= 15 is 0 Å². The van der Waals surface area contributed by atoms with Crippen molar-refractivity contribution in [3.63, 3.8) is 0 Å². The van der Waals surface area contributed by atoms with E-state index in [0.29, 0.717) is 0 Å². The molecule has 0 saturated carbocycles. The second kappa shape index (κ2) is 9.68. The molecule has 3 rings (SSSR count). The van der Waals surface area contributed by atoms with Crippen molar-refractivity contribution in [2.24, 2.45) is 7.05 Å². The molecule has 0 amide bonds. The van der Waals surface area contributed by atoms with Gasteiger partial charge in [-0.25, -0.2) is 4.57 Å². The lowest BCUT2D eigenvalue weighted by Gasteiger charge is -2.20. The Morgan fingerprint density at radius 2 is 1.90 bits per heavy atom. The first-order valence-corrected chi connectivity index (χ1v) is 11.3. The normalized spacial score (nSPS) is 14.7. The maximum Gasteiger partial charge on any atom is 0.276 e. The molecule has 0 radical (unpaired) electrons. The molecule has 5 heteroatoms. The lowest BCUT2D eigenvalue weighted by molar-refractivity contribution is -0.659. The molecule has 0 aliphatic carbocycles. The molecule has 1 aliphatic rings. The van der Waals surface area contributed by atoms with E-state index in [4.69, 9.17) is 0 Å². The smallest absolute Gasteiger partial charge is 0.276 e. The summed E-state index contributed by atoms with van der Waals surface area (Å²) < 4.78 is 2.25. The van der Waals surface area contributed by atoms with Gasteiger partial charge < -0.3 is 9.80 Å². The molecular weight excluding hydrogens is 376 g/mol. The van der Waals surface area contributed by atoms with Gasteiger partial charge in [0.2, 0.25) is 0 Å². The second-order valence-electron chi connectivity index (χ2n) is 8.19. The number of fused-ring (bicyclic) bond motifs is 1. The molecule has 0 bridgehead atoms. The highest BCUT2D eigenvalue weighted by atomic mass is 32.2. The number of aromatic nitrogens is 1. The molecule has 1 aromatic heterocycles. The molecule has 4 nitrogen and oxygen atoms in total. The third-order valence-corrected chi connectivity index (χ3v) is 6.48. The minimum atomic E-state index is 1.08. The molecule has 29 heavy (non-hydrogen) atoms. The Labute approximate surface area is 180 Å². The summed E-state index contributed by atoms with van der Waals surface area (Å²) in [5.41, 5.74) is 3.87. The number of hydrogen-bond acceptors (Lipinski definition) is 4. The van der Waals surface area contributed by atoms with Gasteiger partial charge in [-0.05, 0) is 69.3 Å². The molecule has 0 saturated heterocycles. The van der Waals surface area contributed by atoms with Crippen LogP contribution in [0.5, 0.6) is 0 Å². The molecule has 156 valence electrons. The van der Waals surface area contributed by atoms with Crippen LogP contribution >= 0.6 is 11.8 Å². The first-order valence-electron chi connectivity index (χ1n) is 10.5. The highest BCUT2D eigenvalue weighted by Crippen LogP contribution is 2.46. The van der Waals surface area contributed by atoms with Crippen molar-refractivity contribution in [3.8, 4) is 0 Å².